The van der Waals surface area contributed by atoms with Crippen LogP contribution in [-0.4, -0.2) is 38.0 Å². The number of carbonyl (C=O) groups excluding carboxylic acids is 1. The average Bonchev–Trinajstić information content (AvgIpc) is 2.93. The Bertz CT molecular complexity index is 742. The van der Waals surface area contributed by atoms with E-state index in [4.69, 9.17) is 5.11 Å². The summed E-state index contributed by atoms with van der Waals surface area (Å²) in [5, 5.41) is 19.1. The van der Waals surface area contributed by atoms with Crippen molar-refractivity contribution in [3.8, 4) is 5.69 Å². The minimum absolute atomic E-state index is 0.0133. The number of rotatable bonds is 5. The van der Waals surface area contributed by atoms with Gasteiger partial charge in [0.05, 0.1) is 11.9 Å². The van der Waals surface area contributed by atoms with Crippen LogP contribution in [0.1, 0.15) is 29.9 Å². The van der Waals surface area contributed by atoms with Crippen molar-refractivity contribution in [2.75, 3.05) is 0 Å². The first-order valence-corrected chi connectivity index (χ1v) is 7.02. The second-order valence-electron chi connectivity index (χ2n) is 5.51. The molecule has 8 heteroatoms. The first-order valence-electron chi connectivity index (χ1n) is 7.02. The number of carboxylic acids is 1. The number of amides is 1. The van der Waals surface area contributed by atoms with Crippen LogP contribution < -0.4 is 5.32 Å². The third-order valence-corrected chi connectivity index (χ3v) is 3.35. The van der Waals surface area contributed by atoms with Crippen molar-refractivity contribution >= 4 is 11.9 Å². The zero-order valence-electron chi connectivity index (χ0n) is 12.9. The lowest BCUT2D eigenvalue weighted by Gasteiger charge is -2.16. The lowest BCUT2D eigenvalue weighted by atomic mass is 10.0. The maximum atomic E-state index is 13.1. The van der Waals surface area contributed by atoms with Gasteiger partial charge in [-0.15, -0.1) is 5.10 Å². The van der Waals surface area contributed by atoms with Crippen LogP contribution in [0.4, 0.5) is 4.39 Å². The molecule has 0 fully saturated rings. The highest BCUT2D eigenvalue weighted by atomic mass is 19.1. The highest BCUT2D eigenvalue weighted by Gasteiger charge is 2.25. The predicted molar refractivity (Wildman–Crippen MR) is 79.8 cm³/mol. The normalized spacial score (nSPS) is 12.2. The Kier molecular flexibility index (Phi) is 4.73. The largest absolute Gasteiger partial charge is 0.480 e. The lowest BCUT2D eigenvalue weighted by molar-refractivity contribution is -0.140. The van der Waals surface area contributed by atoms with Crippen molar-refractivity contribution in [3.63, 3.8) is 0 Å². The summed E-state index contributed by atoms with van der Waals surface area (Å²) >= 11 is 0. The minimum atomic E-state index is -1.12. The topological polar surface area (TPSA) is 97.1 Å². The van der Waals surface area contributed by atoms with E-state index < -0.39 is 17.9 Å². The lowest BCUT2D eigenvalue weighted by Crippen LogP contribution is -2.44. The molecule has 0 aliphatic heterocycles. The molecule has 2 N–H and O–H groups in total. The number of nitrogens with zero attached hydrogens (tertiary/aromatic N) is 3. The SMILES string of the molecule is Cc1cc(F)ccc1-n1cc(C(=O)N[C@@H](C(=O)O)C(C)C)nn1. The van der Waals surface area contributed by atoms with Crippen LogP contribution in [0.25, 0.3) is 5.69 Å². The molecule has 1 aromatic heterocycles. The summed E-state index contributed by atoms with van der Waals surface area (Å²) in [6, 6.07) is 3.13. The molecule has 0 aliphatic rings. The molecule has 2 aromatic rings. The number of carboxylic acid groups (broad SMARTS) is 1. The molecule has 0 bridgehead atoms. The van der Waals surface area contributed by atoms with Gasteiger partial charge in [0.25, 0.3) is 5.91 Å². The molecule has 1 aromatic carbocycles. The molecule has 122 valence electrons. The third-order valence-electron chi connectivity index (χ3n) is 3.35. The van der Waals surface area contributed by atoms with Gasteiger partial charge in [0.2, 0.25) is 0 Å². The molecule has 0 saturated carbocycles. The monoisotopic (exact) mass is 320 g/mol. The number of hydrogen-bond donors (Lipinski definition) is 2. The molecule has 1 heterocycles. The number of aliphatic carboxylic acids is 1. The van der Waals surface area contributed by atoms with Crippen LogP contribution in [0, 0.1) is 18.7 Å². The van der Waals surface area contributed by atoms with Crippen LogP contribution in [0.3, 0.4) is 0 Å². The second kappa shape index (κ2) is 6.55. The van der Waals surface area contributed by atoms with Crippen LogP contribution in [0.5, 0.6) is 0 Å². The molecule has 0 spiro atoms. The van der Waals surface area contributed by atoms with E-state index in [1.807, 2.05) is 0 Å². The zero-order chi connectivity index (χ0) is 17.1. The molecule has 0 radical (unpaired) electrons. The summed E-state index contributed by atoms with van der Waals surface area (Å²) in [5.74, 6) is -2.39. The zero-order valence-corrected chi connectivity index (χ0v) is 12.9. The Hall–Kier alpha value is -2.77. The molecular formula is C15H17FN4O3. The molecule has 1 amide bonds. The number of carbonyl (C=O) groups is 2. The molecule has 0 unspecified atom stereocenters. The number of aryl methyl sites for hydroxylation is 1. The van der Waals surface area contributed by atoms with Gasteiger partial charge in [0.15, 0.2) is 5.69 Å². The van der Waals surface area contributed by atoms with Crippen molar-refractivity contribution in [1.82, 2.24) is 20.3 Å². The van der Waals surface area contributed by atoms with Crippen molar-refractivity contribution in [1.29, 1.82) is 0 Å². The predicted octanol–water partition coefficient (Wildman–Crippen LogP) is 1.55. The molecule has 0 saturated heterocycles. The van der Waals surface area contributed by atoms with Crippen LogP contribution in [0.2, 0.25) is 0 Å². The first kappa shape index (κ1) is 16.6. The van der Waals surface area contributed by atoms with E-state index in [0.717, 1.165) is 0 Å². The van der Waals surface area contributed by atoms with Crippen LogP contribution >= 0.6 is 0 Å². The molecule has 1 atom stereocenters. The maximum absolute atomic E-state index is 13.1. The summed E-state index contributed by atoms with van der Waals surface area (Å²) in [5.41, 5.74) is 1.20. The van der Waals surface area contributed by atoms with Gasteiger partial charge in [0.1, 0.15) is 11.9 Å². The Morgan fingerprint density at radius 1 is 1.35 bits per heavy atom. The Morgan fingerprint density at radius 3 is 2.61 bits per heavy atom. The van der Waals surface area contributed by atoms with E-state index in [2.05, 4.69) is 15.6 Å². The van der Waals surface area contributed by atoms with E-state index in [-0.39, 0.29) is 17.4 Å². The van der Waals surface area contributed by atoms with E-state index in [9.17, 15) is 14.0 Å². The van der Waals surface area contributed by atoms with Gasteiger partial charge < -0.3 is 10.4 Å². The highest BCUT2D eigenvalue weighted by Crippen LogP contribution is 2.14. The van der Waals surface area contributed by atoms with Crippen molar-refractivity contribution in [3.05, 3.63) is 41.5 Å². The Morgan fingerprint density at radius 2 is 2.04 bits per heavy atom. The van der Waals surface area contributed by atoms with Gasteiger partial charge in [-0.3, -0.25) is 4.79 Å². The molecular weight excluding hydrogens is 303 g/mol. The molecule has 7 nitrogen and oxygen atoms in total. The quantitative estimate of drug-likeness (QED) is 0.871. The van der Waals surface area contributed by atoms with Crippen molar-refractivity contribution < 1.29 is 19.1 Å². The van der Waals surface area contributed by atoms with Gasteiger partial charge in [-0.1, -0.05) is 19.1 Å². The molecule has 0 aliphatic carbocycles. The Labute approximate surface area is 132 Å². The summed E-state index contributed by atoms with van der Waals surface area (Å²) in [6.07, 6.45) is 1.37. The molecule has 2 rings (SSSR count). The minimum Gasteiger partial charge on any atom is -0.480 e. The standard InChI is InChI=1S/C15H17FN4O3/c1-8(2)13(15(22)23)17-14(21)11-7-20(19-18-11)12-5-4-10(16)6-9(12)3/h4-8,13H,1-3H3,(H,17,21)(H,22,23)/t13-/m1/s1. The summed E-state index contributed by atoms with van der Waals surface area (Å²) in [7, 11) is 0. The second-order valence-corrected chi connectivity index (χ2v) is 5.51. The van der Waals surface area contributed by atoms with Gasteiger partial charge >= 0.3 is 5.97 Å². The first-order chi connectivity index (χ1) is 10.8. The van der Waals surface area contributed by atoms with Gasteiger partial charge in [-0.05, 0) is 36.6 Å². The number of nitrogens with one attached hydrogen (secondary N) is 1. The maximum Gasteiger partial charge on any atom is 0.326 e. The summed E-state index contributed by atoms with van der Waals surface area (Å²) in [6.45, 7) is 5.09. The van der Waals surface area contributed by atoms with Gasteiger partial charge in [0, 0.05) is 0 Å². The van der Waals surface area contributed by atoms with Crippen molar-refractivity contribution in [2.45, 2.75) is 26.8 Å². The average molecular weight is 320 g/mol. The number of aromatic nitrogens is 3. The fourth-order valence-corrected chi connectivity index (χ4v) is 2.09. The fraction of sp³-hybridized carbons (Fsp3) is 0.333. The number of benzene rings is 1. The fourth-order valence-electron chi connectivity index (χ4n) is 2.09. The number of halogens is 1. The van der Waals surface area contributed by atoms with Crippen LogP contribution in [-0.2, 0) is 4.79 Å². The van der Waals surface area contributed by atoms with Gasteiger partial charge in [-0.2, -0.15) is 0 Å². The number of hydrogen-bond acceptors (Lipinski definition) is 4. The van der Waals surface area contributed by atoms with Crippen LogP contribution in [0.15, 0.2) is 24.4 Å². The van der Waals surface area contributed by atoms with E-state index >= 15 is 0 Å². The van der Waals surface area contributed by atoms with Crippen molar-refractivity contribution in [2.24, 2.45) is 5.92 Å². The van der Waals surface area contributed by atoms with Gasteiger partial charge in [-0.25, -0.2) is 13.9 Å². The molecule has 23 heavy (non-hydrogen) atoms. The van der Waals surface area contributed by atoms with E-state index in [1.165, 1.54) is 29.1 Å². The van der Waals surface area contributed by atoms with E-state index in [0.29, 0.717) is 11.3 Å². The summed E-state index contributed by atoms with van der Waals surface area (Å²) < 4.78 is 14.5. The third kappa shape index (κ3) is 3.71. The highest BCUT2D eigenvalue weighted by molar-refractivity contribution is 5.94. The Balaban J connectivity index is 2.21. The van der Waals surface area contributed by atoms with E-state index in [1.54, 1.807) is 20.8 Å². The summed E-state index contributed by atoms with van der Waals surface area (Å²) in [4.78, 5) is 23.2. The smallest absolute Gasteiger partial charge is 0.326 e.